The number of benzene rings is 1. The lowest BCUT2D eigenvalue weighted by Crippen LogP contribution is -2.29. The number of piperidine rings is 1. The standard InChI is InChI=1S/C21H22N4OS/c26-21(19-5-4-14-27-19)24-20-11-8-17(15-22-20)23-16-6-9-18(10-7-16)25-12-2-1-3-13-25/h4-11,14-15,23H,1-3,12-13H2,(H,22,24,26). The number of carbonyl (C=O) groups excluding carboxylic acids is 1. The molecule has 1 aliphatic heterocycles. The summed E-state index contributed by atoms with van der Waals surface area (Å²) in [6, 6.07) is 15.9. The quantitative estimate of drug-likeness (QED) is 0.646. The average molecular weight is 379 g/mol. The van der Waals surface area contributed by atoms with Crippen LogP contribution in [0.1, 0.15) is 28.9 Å². The van der Waals surface area contributed by atoms with Crippen molar-refractivity contribution < 1.29 is 4.79 Å². The van der Waals surface area contributed by atoms with Crippen LogP contribution >= 0.6 is 11.3 Å². The molecule has 1 saturated heterocycles. The molecule has 2 aromatic heterocycles. The van der Waals surface area contributed by atoms with E-state index in [1.807, 2.05) is 17.5 Å². The molecule has 2 N–H and O–H groups in total. The van der Waals surface area contributed by atoms with Gasteiger partial charge < -0.3 is 15.5 Å². The van der Waals surface area contributed by atoms with Gasteiger partial charge in [0.25, 0.3) is 5.91 Å². The zero-order valence-electron chi connectivity index (χ0n) is 15.0. The fourth-order valence-corrected chi connectivity index (χ4v) is 3.82. The third-order valence-electron chi connectivity index (χ3n) is 4.63. The van der Waals surface area contributed by atoms with Crippen molar-refractivity contribution in [3.05, 3.63) is 65.0 Å². The van der Waals surface area contributed by atoms with E-state index in [1.54, 1.807) is 18.3 Å². The van der Waals surface area contributed by atoms with Gasteiger partial charge in [-0.15, -0.1) is 11.3 Å². The molecule has 0 spiro atoms. The van der Waals surface area contributed by atoms with Gasteiger partial charge in [-0.05, 0) is 67.1 Å². The van der Waals surface area contributed by atoms with Gasteiger partial charge in [0.05, 0.1) is 16.8 Å². The average Bonchev–Trinajstić information content (AvgIpc) is 3.26. The largest absolute Gasteiger partial charge is 0.372 e. The number of aromatic nitrogens is 1. The molecule has 138 valence electrons. The first kappa shape index (κ1) is 17.5. The highest BCUT2D eigenvalue weighted by atomic mass is 32.1. The number of nitrogens with one attached hydrogen (secondary N) is 2. The fraction of sp³-hybridized carbons (Fsp3) is 0.238. The van der Waals surface area contributed by atoms with Crippen LogP contribution in [-0.2, 0) is 0 Å². The topological polar surface area (TPSA) is 57.3 Å². The molecule has 4 rings (SSSR count). The predicted molar refractivity (Wildman–Crippen MR) is 112 cm³/mol. The van der Waals surface area contributed by atoms with Crippen LogP contribution in [0.5, 0.6) is 0 Å². The number of nitrogens with zero attached hydrogens (tertiary/aromatic N) is 2. The van der Waals surface area contributed by atoms with E-state index < -0.39 is 0 Å². The minimum atomic E-state index is -0.133. The first-order valence-electron chi connectivity index (χ1n) is 9.21. The van der Waals surface area contributed by atoms with Gasteiger partial charge in [0, 0.05) is 24.5 Å². The molecule has 3 heterocycles. The van der Waals surface area contributed by atoms with E-state index in [2.05, 4.69) is 44.8 Å². The Labute approximate surface area is 163 Å². The Morgan fingerprint density at radius 3 is 2.41 bits per heavy atom. The molecule has 0 atom stereocenters. The lowest BCUT2D eigenvalue weighted by atomic mass is 10.1. The summed E-state index contributed by atoms with van der Waals surface area (Å²) < 4.78 is 0. The first-order chi connectivity index (χ1) is 13.3. The van der Waals surface area contributed by atoms with Gasteiger partial charge in [-0.1, -0.05) is 6.07 Å². The van der Waals surface area contributed by atoms with Crippen LogP contribution in [0.3, 0.4) is 0 Å². The molecule has 0 radical (unpaired) electrons. The summed E-state index contributed by atoms with van der Waals surface area (Å²) >= 11 is 1.41. The number of pyridine rings is 1. The third kappa shape index (κ3) is 4.46. The van der Waals surface area contributed by atoms with Gasteiger partial charge in [0.15, 0.2) is 0 Å². The normalized spacial score (nSPS) is 14.0. The summed E-state index contributed by atoms with van der Waals surface area (Å²) in [6.45, 7) is 2.30. The second kappa shape index (κ2) is 8.22. The molecule has 0 unspecified atom stereocenters. The maximum absolute atomic E-state index is 12.1. The van der Waals surface area contributed by atoms with Gasteiger partial charge in [0.2, 0.25) is 0 Å². The molecule has 1 aliphatic rings. The number of rotatable bonds is 5. The van der Waals surface area contributed by atoms with Crippen molar-refractivity contribution in [3.63, 3.8) is 0 Å². The smallest absolute Gasteiger partial charge is 0.266 e. The van der Waals surface area contributed by atoms with Crippen LogP contribution in [0.4, 0.5) is 22.9 Å². The Bertz CT molecular complexity index is 870. The van der Waals surface area contributed by atoms with Gasteiger partial charge in [-0.3, -0.25) is 4.79 Å². The summed E-state index contributed by atoms with van der Waals surface area (Å²) in [6.07, 6.45) is 5.62. The van der Waals surface area contributed by atoms with E-state index in [-0.39, 0.29) is 5.91 Å². The minimum absolute atomic E-state index is 0.133. The summed E-state index contributed by atoms with van der Waals surface area (Å²) in [5.41, 5.74) is 3.19. The highest BCUT2D eigenvalue weighted by Crippen LogP contribution is 2.24. The molecule has 1 aromatic carbocycles. The van der Waals surface area contributed by atoms with E-state index in [4.69, 9.17) is 0 Å². The van der Waals surface area contributed by atoms with Crippen LogP contribution in [0, 0.1) is 0 Å². The number of hydrogen-bond acceptors (Lipinski definition) is 5. The van der Waals surface area contributed by atoms with Crippen molar-refractivity contribution in [1.29, 1.82) is 0 Å². The van der Waals surface area contributed by atoms with E-state index in [9.17, 15) is 4.79 Å². The molecule has 0 aliphatic carbocycles. The third-order valence-corrected chi connectivity index (χ3v) is 5.50. The molecule has 1 amide bonds. The van der Waals surface area contributed by atoms with Crippen molar-refractivity contribution >= 4 is 40.1 Å². The second-order valence-electron chi connectivity index (χ2n) is 6.58. The Morgan fingerprint density at radius 2 is 1.74 bits per heavy atom. The zero-order chi connectivity index (χ0) is 18.5. The molecule has 0 bridgehead atoms. The molecule has 6 heteroatoms. The Balaban J connectivity index is 1.36. The van der Waals surface area contributed by atoms with Crippen LogP contribution in [0.2, 0.25) is 0 Å². The highest BCUT2D eigenvalue weighted by molar-refractivity contribution is 7.12. The van der Waals surface area contributed by atoms with E-state index >= 15 is 0 Å². The number of anilines is 4. The SMILES string of the molecule is O=C(Nc1ccc(Nc2ccc(N3CCCCC3)cc2)cn1)c1cccs1. The van der Waals surface area contributed by atoms with Gasteiger partial charge in [-0.2, -0.15) is 0 Å². The van der Waals surface area contributed by atoms with Crippen molar-refractivity contribution in [3.8, 4) is 0 Å². The van der Waals surface area contributed by atoms with Crippen LogP contribution in [-0.4, -0.2) is 24.0 Å². The molecule has 5 nitrogen and oxygen atoms in total. The number of amides is 1. The van der Waals surface area contributed by atoms with Gasteiger partial charge in [-0.25, -0.2) is 4.98 Å². The lowest BCUT2D eigenvalue weighted by Gasteiger charge is -2.28. The summed E-state index contributed by atoms with van der Waals surface area (Å²) in [7, 11) is 0. The Kier molecular flexibility index (Phi) is 5.34. The van der Waals surface area contributed by atoms with Crippen molar-refractivity contribution in [1.82, 2.24) is 4.98 Å². The molecule has 1 fully saturated rings. The van der Waals surface area contributed by atoms with Crippen molar-refractivity contribution in [2.45, 2.75) is 19.3 Å². The molecule has 3 aromatic rings. The fourth-order valence-electron chi connectivity index (χ4n) is 3.20. The number of carbonyl (C=O) groups is 1. The summed E-state index contributed by atoms with van der Waals surface area (Å²) in [5.74, 6) is 0.408. The van der Waals surface area contributed by atoms with E-state index in [1.165, 1.54) is 36.3 Å². The molecular formula is C21H22N4OS. The Morgan fingerprint density at radius 1 is 0.963 bits per heavy atom. The van der Waals surface area contributed by atoms with Crippen molar-refractivity contribution in [2.24, 2.45) is 0 Å². The lowest BCUT2D eigenvalue weighted by molar-refractivity contribution is 0.103. The van der Waals surface area contributed by atoms with Crippen molar-refractivity contribution in [2.75, 3.05) is 28.6 Å². The summed E-state index contributed by atoms with van der Waals surface area (Å²) in [4.78, 5) is 19.5. The van der Waals surface area contributed by atoms with Gasteiger partial charge in [0.1, 0.15) is 5.82 Å². The summed E-state index contributed by atoms with van der Waals surface area (Å²) in [5, 5.41) is 8.04. The van der Waals surface area contributed by atoms with Crippen LogP contribution in [0.15, 0.2) is 60.1 Å². The highest BCUT2D eigenvalue weighted by Gasteiger charge is 2.11. The Hall–Kier alpha value is -2.86. The first-order valence-corrected chi connectivity index (χ1v) is 10.1. The van der Waals surface area contributed by atoms with E-state index in [0.29, 0.717) is 10.7 Å². The predicted octanol–water partition coefficient (Wildman–Crippen LogP) is 5.13. The maximum atomic E-state index is 12.1. The second-order valence-corrected chi connectivity index (χ2v) is 7.53. The molecule has 27 heavy (non-hydrogen) atoms. The van der Waals surface area contributed by atoms with E-state index in [0.717, 1.165) is 24.5 Å². The maximum Gasteiger partial charge on any atom is 0.266 e. The van der Waals surface area contributed by atoms with Gasteiger partial charge >= 0.3 is 0 Å². The number of thiophene rings is 1. The van der Waals surface area contributed by atoms with Crippen LogP contribution < -0.4 is 15.5 Å². The molecule has 0 saturated carbocycles. The monoisotopic (exact) mass is 378 g/mol. The number of hydrogen-bond donors (Lipinski definition) is 2. The molecular weight excluding hydrogens is 356 g/mol. The zero-order valence-corrected chi connectivity index (χ0v) is 15.8. The minimum Gasteiger partial charge on any atom is -0.372 e. The van der Waals surface area contributed by atoms with Crippen LogP contribution in [0.25, 0.3) is 0 Å².